The third kappa shape index (κ3) is 2.44. The van der Waals surface area contributed by atoms with Crippen LogP contribution in [0.15, 0.2) is 10.8 Å². The number of carbonyl (C=O) groups is 1. The van der Waals surface area contributed by atoms with E-state index in [0.29, 0.717) is 25.3 Å². The quantitative estimate of drug-likeness (QED) is 0.805. The van der Waals surface area contributed by atoms with Gasteiger partial charge in [0.1, 0.15) is 0 Å². The summed E-state index contributed by atoms with van der Waals surface area (Å²) < 4.78 is 38.7. The normalized spacial score (nSPS) is 35.9. The third-order valence-electron chi connectivity index (χ3n) is 6.49. The van der Waals surface area contributed by atoms with Crippen molar-refractivity contribution >= 4 is 15.9 Å². The van der Waals surface area contributed by atoms with Crippen LogP contribution in [0.2, 0.25) is 0 Å². The van der Waals surface area contributed by atoms with Gasteiger partial charge in [-0.1, -0.05) is 0 Å². The first-order valence-corrected chi connectivity index (χ1v) is 10.8. The van der Waals surface area contributed by atoms with Gasteiger partial charge >= 0.3 is 0 Å². The first-order valence-electron chi connectivity index (χ1n) is 9.25. The summed E-state index contributed by atoms with van der Waals surface area (Å²) in [5.41, 5.74) is 0.257. The van der Waals surface area contributed by atoms with E-state index in [1.54, 1.807) is 11.8 Å². The summed E-state index contributed by atoms with van der Waals surface area (Å²) in [5, 5.41) is -0.216. The molecule has 1 saturated carbocycles. The Balaban J connectivity index is 1.32. The van der Waals surface area contributed by atoms with Gasteiger partial charge in [0.15, 0.2) is 6.39 Å². The van der Waals surface area contributed by atoms with Crippen LogP contribution in [0.25, 0.3) is 0 Å². The zero-order valence-electron chi connectivity index (χ0n) is 14.7. The molecule has 2 bridgehead atoms. The fraction of sp³-hybridized carbons (Fsp3) is 0.765. The molecule has 9 heteroatoms. The highest BCUT2D eigenvalue weighted by molar-refractivity contribution is 7.90. The average Bonchev–Trinajstić information content (AvgIpc) is 2.97. The fourth-order valence-corrected chi connectivity index (χ4v) is 6.39. The molecule has 1 amide bonds. The van der Waals surface area contributed by atoms with Crippen molar-refractivity contribution in [2.75, 3.05) is 19.6 Å². The Morgan fingerprint density at radius 2 is 2.23 bits per heavy atom. The number of hydrogen-bond donors (Lipinski definition) is 1. The van der Waals surface area contributed by atoms with E-state index in [9.17, 15) is 13.2 Å². The van der Waals surface area contributed by atoms with Gasteiger partial charge < -0.3 is 14.1 Å². The van der Waals surface area contributed by atoms with Crippen LogP contribution in [0.5, 0.6) is 0 Å². The summed E-state index contributed by atoms with van der Waals surface area (Å²) in [6.45, 7) is 3.27. The minimum Gasteiger partial charge on any atom is -0.438 e. The molecule has 142 valence electrons. The number of hydrogen-bond acceptors (Lipinski definition) is 6. The minimum absolute atomic E-state index is 0.0890. The molecule has 1 aromatic rings. The Hall–Kier alpha value is -1.45. The first-order chi connectivity index (χ1) is 12.4. The van der Waals surface area contributed by atoms with Gasteiger partial charge in [-0.05, 0) is 32.6 Å². The van der Waals surface area contributed by atoms with Gasteiger partial charge in [-0.3, -0.25) is 4.79 Å². The van der Waals surface area contributed by atoms with Crippen molar-refractivity contribution in [1.29, 1.82) is 0 Å². The number of rotatable bonds is 5. The maximum Gasteiger partial charge on any atom is 0.291 e. The molecule has 4 atom stereocenters. The highest BCUT2D eigenvalue weighted by atomic mass is 32.2. The van der Waals surface area contributed by atoms with Crippen molar-refractivity contribution in [2.24, 2.45) is 11.8 Å². The van der Waals surface area contributed by atoms with Gasteiger partial charge in [0.2, 0.25) is 15.8 Å². The predicted molar refractivity (Wildman–Crippen MR) is 90.9 cm³/mol. The first kappa shape index (κ1) is 16.7. The number of likely N-dealkylation sites (tertiary alicyclic amines) is 1. The molecule has 1 N–H and O–H groups in total. The van der Waals surface area contributed by atoms with Crippen molar-refractivity contribution in [3.05, 3.63) is 17.8 Å². The van der Waals surface area contributed by atoms with Gasteiger partial charge in [-0.2, -0.15) is 0 Å². The number of oxazole rings is 1. The third-order valence-corrected chi connectivity index (χ3v) is 8.41. The fourth-order valence-electron chi connectivity index (χ4n) is 4.98. The molecule has 0 unspecified atom stereocenters. The highest BCUT2D eigenvalue weighted by Gasteiger charge is 2.63. The van der Waals surface area contributed by atoms with Crippen LogP contribution in [0.1, 0.15) is 41.9 Å². The molecule has 0 aromatic carbocycles. The number of amides is 1. The lowest BCUT2D eigenvalue weighted by Crippen LogP contribution is -2.42. The second-order valence-electron chi connectivity index (χ2n) is 8.08. The number of nitrogens with zero attached hydrogens (tertiary/aromatic N) is 2. The molecule has 4 heterocycles. The molecule has 4 fully saturated rings. The van der Waals surface area contributed by atoms with E-state index >= 15 is 0 Å². The van der Waals surface area contributed by atoms with Crippen molar-refractivity contribution < 1.29 is 22.4 Å². The molecule has 1 aromatic heterocycles. The minimum atomic E-state index is -3.20. The second kappa shape index (κ2) is 5.53. The van der Waals surface area contributed by atoms with Crippen LogP contribution in [-0.2, 0) is 14.8 Å². The summed E-state index contributed by atoms with van der Waals surface area (Å²) in [6.07, 6.45) is 4.74. The number of ether oxygens (including phenoxy) is 1. The van der Waals surface area contributed by atoms with Gasteiger partial charge in [0.25, 0.3) is 5.91 Å². The summed E-state index contributed by atoms with van der Waals surface area (Å²) in [5.74, 6) is 0.399. The smallest absolute Gasteiger partial charge is 0.291 e. The predicted octanol–water partition coefficient (Wildman–Crippen LogP) is 0.684. The number of carbonyl (C=O) groups excluding carboxylic acids is 1. The molecule has 1 spiro atoms. The molecule has 4 aliphatic rings. The standard InChI is InChI=1S/C17H23N3O5S/c1-10-15(24-9-18-10)16(21)20-7-13-12(6-19-26(22,23)11-2-3-11)14-4-5-17(13,8-20)25-14/h9,11-14,19H,2-8H2,1H3/t12-,13+,14+,17+/m0/s1. The summed E-state index contributed by atoms with van der Waals surface area (Å²) in [4.78, 5) is 18.6. The Kier molecular flexibility index (Phi) is 3.55. The van der Waals surface area contributed by atoms with Gasteiger partial charge in [-0.25, -0.2) is 18.1 Å². The summed E-state index contributed by atoms with van der Waals surface area (Å²) in [7, 11) is -3.20. The zero-order chi connectivity index (χ0) is 18.1. The summed E-state index contributed by atoms with van der Waals surface area (Å²) in [6, 6.07) is 0. The average molecular weight is 381 g/mol. The number of fused-ring (bicyclic) bond motifs is 1. The largest absolute Gasteiger partial charge is 0.438 e. The van der Waals surface area contributed by atoms with Crippen LogP contribution in [0.4, 0.5) is 0 Å². The lowest BCUT2D eigenvalue weighted by Gasteiger charge is -2.29. The molecule has 3 aliphatic heterocycles. The highest BCUT2D eigenvalue weighted by Crippen LogP contribution is 2.54. The lowest BCUT2D eigenvalue weighted by atomic mass is 9.74. The molecular weight excluding hydrogens is 358 g/mol. The van der Waals surface area contributed by atoms with Gasteiger partial charge in [0.05, 0.1) is 29.2 Å². The number of aryl methyl sites for hydroxylation is 1. The number of aromatic nitrogens is 1. The van der Waals surface area contributed by atoms with Crippen molar-refractivity contribution in [3.8, 4) is 0 Å². The Morgan fingerprint density at radius 3 is 2.92 bits per heavy atom. The Bertz CT molecular complexity index is 848. The van der Waals surface area contributed by atoms with E-state index in [4.69, 9.17) is 9.15 Å². The van der Waals surface area contributed by atoms with Crippen LogP contribution in [-0.4, -0.2) is 60.8 Å². The van der Waals surface area contributed by atoms with E-state index < -0.39 is 10.0 Å². The number of sulfonamides is 1. The van der Waals surface area contributed by atoms with Gasteiger partial charge in [-0.15, -0.1) is 0 Å². The maximum absolute atomic E-state index is 12.8. The summed E-state index contributed by atoms with van der Waals surface area (Å²) >= 11 is 0. The van der Waals surface area contributed by atoms with E-state index in [-0.39, 0.29) is 40.5 Å². The van der Waals surface area contributed by atoms with E-state index in [1.165, 1.54) is 6.39 Å². The Morgan fingerprint density at radius 1 is 1.42 bits per heavy atom. The molecule has 0 radical (unpaired) electrons. The van der Waals surface area contributed by atoms with Crippen LogP contribution < -0.4 is 4.72 Å². The Labute approximate surface area is 152 Å². The van der Waals surface area contributed by atoms with E-state index in [0.717, 1.165) is 25.7 Å². The maximum atomic E-state index is 12.8. The molecule has 5 rings (SSSR count). The second-order valence-corrected chi connectivity index (χ2v) is 10.1. The monoisotopic (exact) mass is 381 g/mol. The van der Waals surface area contributed by atoms with Crippen LogP contribution in [0, 0.1) is 18.8 Å². The molecule has 8 nitrogen and oxygen atoms in total. The molecular formula is C17H23N3O5S. The number of nitrogens with one attached hydrogen (secondary N) is 1. The van der Waals surface area contributed by atoms with Crippen molar-refractivity contribution in [1.82, 2.24) is 14.6 Å². The topological polar surface area (TPSA) is 102 Å². The van der Waals surface area contributed by atoms with E-state index in [1.807, 2.05) is 0 Å². The van der Waals surface area contributed by atoms with Crippen LogP contribution >= 0.6 is 0 Å². The molecule has 3 saturated heterocycles. The zero-order valence-corrected chi connectivity index (χ0v) is 15.5. The molecule has 26 heavy (non-hydrogen) atoms. The van der Waals surface area contributed by atoms with Crippen molar-refractivity contribution in [2.45, 2.75) is 49.6 Å². The lowest BCUT2D eigenvalue weighted by molar-refractivity contribution is 0.00292. The van der Waals surface area contributed by atoms with Gasteiger partial charge in [0, 0.05) is 24.9 Å². The van der Waals surface area contributed by atoms with E-state index in [2.05, 4.69) is 9.71 Å². The van der Waals surface area contributed by atoms with Crippen LogP contribution in [0.3, 0.4) is 0 Å². The molecule has 1 aliphatic carbocycles. The van der Waals surface area contributed by atoms with Crippen molar-refractivity contribution in [3.63, 3.8) is 0 Å². The SMILES string of the molecule is Cc1ncoc1C(=O)N1C[C@@H]2[C@H](CNS(=O)(=O)C3CC3)[C@H]3CC[C@]2(C1)O3.